The number of guanidine groups is 1. The highest BCUT2D eigenvalue weighted by atomic mass is 127. The number of halogens is 3. The van der Waals surface area contributed by atoms with Crippen LogP contribution in [0.4, 0.5) is 8.78 Å². The summed E-state index contributed by atoms with van der Waals surface area (Å²) >= 11 is 0. The molecule has 0 spiro atoms. The molecule has 0 fully saturated rings. The molecule has 0 aliphatic rings. The molecule has 3 N–H and O–H groups in total. The molecular weight excluding hydrogens is 501 g/mol. The highest BCUT2D eigenvalue weighted by Crippen LogP contribution is 2.25. The van der Waals surface area contributed by atoms with Crippen molar-refractivity contribution in [2.75, 3.05) is 20.7 Å². The first-order chi connectivity index (χ1) is 13.5. The number of hydrogen-bond donors (Lipinski definition) is 3. The van der Waals surface area contributed by atoms with E-state index in [4.69, 9.17) is 9.15 Å². The van der Waals surface area contributed by atoms with Gasteiger partial charge in [0.1, 0.15) is 17.3 Å². The Balaban J connectivity index is 0.00000420. The SMILES string of the molecule is CN=C(NCC(=O)NCc1ccco1)NCc1cc(OC)ccc1OC(F)F.I. The molecule has 1 aromatic heterocycles. The Morgan fingerprint density at radius 2 is 2.00 bits per heavy atom. The standard InChI is InChI=1S/C18H22F2N4O4.HI/c1-21-18(24-11-16(25)22-10-14-4-3-7-27-14)23-9-12-8-13(26-2)5-6-15(12)28-17(19)20;/h3-8,17H,9-11H2,1-2H3,(H,22,25)(H2,21,23,24);1H. The van der Waals surface area contributed by atoms with Gasteiger partial charge in [0.05, 0.1) is 26.5 Å². The molecule has 11 heteroatoms. The van der Waals surface area contributed by atoms with Crippen LogP contribution in [0, 0.1) is 0 Å². The van der Waals surface area contributed by atoms with Crippen LogP contribution in [0.3, 0.4) is 0 Å². The van der Waals surface area contributed by atoms with Crippen LogP contribution in [0.15, 0.2) is 46.0 Å². The van der Waals surface area contributed by atoms with E-state index in [0.717, 1.165) is 0 Å². The fourth-order valence-corrected chi connectivity index (χ4v) is 2.26. The lowest BCUT2D eigenvalue weighted by atomic mass is 10.2. The molecule has 0 bridgehead atoms. The Morgan fingerprint density at radius 3 is 2.62 bits per heavy atom. The second kappa shape index (κ2) is 12.8. The second-order valence-corrected chi connectivity index (χ2v) is 5.49. The van der Waals surface area contributed by atoms with Gasteiger partial charge in [0, 0.05) is 19.2 Å². The van der Waals surface area contributed by atoms with Crippen LogP contribution in [0.25, 0.3) is 0 Å². The Morgan fingerprint density at radius 1 is 1.21 bits per heavy atom. The lowest BCUT2D eigenvalue weighted by Crippen LogP contribution is -2.42. The average Bonchev–Trinajstić information content (AvgIpc) is 3.20. The van der Waals surface area contributed by atoms with Crippen molar-refractivity contribution in [1.29, 1.82) is 0 Å². The molecule has 160 valence electrons. The molecular formula is C18H23F2IN4O4. The highest BCUT2D eigenvalue weighted by Gasteiger charge is 2.12. The molecule has 1 aromatic carbocycles. The average molecular weight is 524 g/mol. The lowest BCUT2D eigenvalue weighted by molar-refractivity contribution is -0.120. The number of methoxy groups -OCH3 is 1. The Labute approximate surface area is 184 Å². The van der Waals surface area contributed by atoms with Crippen molar-refractivity contribution < 1.29 is 27.5 Å². The number of carbonyl (C=O) groups excluding carboxylic acids is 1. The highest BCUT2D eigenvalue weighted by molar-refractivity contribution is 14.0. The summed E-state index contributed by atoms with van der Waals surface area (Å²) < 4.78 is 39.9. The van der Waals surface area contributed by atoms with Crippen molar-refractivity contribution in [1.82, 2.24) is 16.0 Å². The minimum atomic E-state index is -2.94. The minimum Gasteiger partial charge on any atom is -0.497 e. The number of furan rings is 1. The molecule has 0 atom stereocenters. The Kier molecular flexibility index (Phi) is 10.8. The third-order valence-corrected chi connectivity index (χ3v) is 3.61. The van der Waals surface area contributed by atoms with E-state index in [-0.39, 0.29) is 55.3 Å². The van der Waals surface area contributed by atoms with E-state index in [1.54, 1.807) is 18.2 Å². The number of alkyl halides is 2. The first kappa shape index (κ1) is 24.5. The number of rotatable bonds is 9. The van der Waals surface area contributed by atoms with Crippen molar-refractivity contribution in [2.45, 2.75) is 19.7 Å². The number of hydrogen-bond acceptors (Lipinski definition) is 5. The van der Waals surface area contributed by atoms with Gasteiger partial charge in [0.2, 0.25) is 5.91 Å². The number of amides is 1. The second-order valence-electron chi connectivity index (χ2n) is 5.49. The van der Waals surface area contributed by atoms with Gasteiger partial charge in [-0.05, 0) is 30.3 Å². The Bertz CT molecular complexity index is 788. The summed E-state index contributed by atoms with van der Waals surface area (Å²) in [5.41, 5.74) is 0.449. The molecule has 0 unspecified atom stereocenters. The molecule has 1 heterocycles. The number of aliphatic imine (C=N–C) groups is 1. The molecule has 0 aliphatic heterocycles. The van der Waals surface area contributed by atoms with Crippen molar-refractivity contribution >= 4 is 35.8 Å². The summed E-state index contributed by atoms with van der Waals surface area (Å²) in [6, 6.07) is 7.99. The quantitative estimate of drug-likeness (QED) is 0.265. The third kappa shape index (κ3) is 8.54. The van der Waals surface area contributed by atoms with Gasteiger partial charge in [-0.3, -0.25) is 9.79 Å². The van der Waals surface area contributed by atoms with E-state index in [1.165, 1.54) is 32.6 Å². The fourth-order valence-electron chi connectivity index (χ4n) is 2.26. The van der Waals surface area contributed by atoms with Crippen LogP contribution in [0.5, 0.6) is 11.5 Å². The van der Waals surface area contributed by atoms with E-state index < -0.39 is 6.61 Å². The minimum absolute atomic E-state index is 0. The zero-order valence-corrected chi connectivity index (χ0v) is 18.2. The van der Waals surface area contributed by atoms with Crippen molar-refractivity contribution in [3.63, 3.8) is 0 Å². The van der Waals surface area contributed by atoms with Gasteiger partial charge < -0.3 is 29.8 Å². The maximum Gasteiger partial charge on any atom is 0.387 e. The van der Waals surface area contributed by atoms with Crippen molar-refractivity contribution in [2.24, 2.45) is 4.99 Å². The normalized spacial score (nSPS) is 10.9. The zero-order valence-electron chi connectivity index (χ0n) is 15.9. The molecule has 0 aliphatic carbocycles. The summed E-state index contributed by atoms with van der Waals surface area (Å²) in [7, 11) is 3.00. The summed E-state index contributed by atoms with van der Waals surface area (Å²) in [5.74, 6) is 1.22. The summed E-state index contributed by atoms with van der Waals surface area (Å²) in [6.07, 6.45) is 1.52. The summed E-state index contributed by atoms with van der Waals surface area (Å²) in [6.45, 7) is -2.56. The van der Waals surface area contributed by atoms with Gasteiger partial charge in [-0.15, -0.1) is 24.0 Å². The lowest BCUT2D eigenvalue weighted by Gasteiger charge is -2.15. The van der Waals surface area contributed by atoms with Crippen molar-refractivity contribution in [3.05, 3.63) is 47.9 Å². The summed E-state index contributed by atoms with van der Waals surface area (Å²) in [5, 5.41) is 8.46. The van der Waals surface area contributed by atoms with E-state index in [0.29, 0.717) is 23.0 Å². The predicted molar refractivity (Wildman–Crippen MR) is 114 cm³/mol. The monoisotopic (exact) mass is 524 g/mol. The molecule has 29 heavy (non-hydrogen) atoms. The van der Waals surface area contributed by atoms with Crippen LogP contribution in [0.2, 0.25) is 0 Å². The summed E-state index contributed by atoms with van der Waals surface area (Å²) in [4.78, 5) is 15.9. The smallest absolute Gasteiger partial charge is 0.387 e. The topological polar surface area (TPSA) is 97.1 Å². The van der Waals surface area contributed by atoms with Gasteiger partial charge >= 0.3 is 6.61 Å². The maximum absolute atomic E-state index is 12.6. The van der Waals surface area contributed by atoms with E-state index in [9.17, 15) is 13.6 Å². The molecule has 8 nitrogen and oxygen atoms in total. The Hall–Kier alpha value is -2.57. The van der Waals surface area contributed by atoms with Crippen LogP contribution >= 0.6 is 24.0 Å². The molecule has 2 aromatic rings. The molecule has 0 saturated heterocycles. The van der Waals surface area contributed by atoms with Gasteiger partial charge in [-0.25, -0.2) is 0 Å². The molecule has 1 amide bonds. The van der Waals surface area contributed by atoms with Crippen LogP contribution in [-0.4, -0.2) is 39.2 Å². The maximum atomic E-state index is 12.6. The van der Waals surface area contributed by atoms with Gasteiger partial charge in [0.25, 0.3) is 0 Å². The first-order valence-electron chi connectivity index (χ1n) is 8.37. The van der Waals surface area contributed by atoms with Crippen LogP contribution in [-0.2, 0) is 17.9 Å². The largest absolute Gasteiger partial charge is 0.497 e. The third-order valence-electron chi connectivity index (χ3n) is 3.61. The van der Waals surface area contributed by atoms with Crippen LogP contribution in [0.1, 0.15) is 11.3 Å². The first-order valence-corrected chi connectivity index (χ1v) is 8.37. The fraction of sp³-hybridized carbons (Fsp3) is 0.333. The predicted octanol–water partition coefficient (Wildman–Crippen LogP) is 2.49. The number of nitrogens with one attached hydrogen (secondary N) is 3. The number of ether oxygens (including phenoxy) is 2. The van der Waals surface area contributed by atoms with E-state index in [2.05, 4.69) is 25.7 Å². The zero-order chi connectivity index (χ0) is 20.4. The molecule has 0 radical (unpaired) electrons. The number of carbonyl (C=O) groups is 1. The van der Waals surface area contributed by atoms with Crippen molar-refractivity contribution in [3.8, 4) is 11.5 Å². The van der Waals surface area contributed by atoms with Gasteiger partial charge in [-0.1, -0.05) is 0 Å². The van der Waals surface area contributed by atoms with E-state index in [1.807, 2.05) is 0 Å². The van der Waals surface area contributed by atoms with E-state index >= 15 is 0 Å². The molecule has 2 rings (SSSR count). The van der Waals surface area contributed by atoms with Gasteiger partial charge in [0.15, 0.2) is 5.96 Å². The number of benzene rings is 1. The van der Waals surface area contributed by atoms with Gasteiger partial charge in [-0.2, -0.15) is 8.78 Å². The molecule has 0 saturated carbocycles. The van der Waals surface area contributed by atoms with Crippen LogP contribution < -0.4 is 25.4 Å². The number of nitrogens with zero attached hydrogens (tertiary/aromatic N) is 1.